The van der Waals surface area contributed by atoms with Crippen LogP contribution in [0.15, 0.2) is 6.20 Å². The summed E-state index contributed by atoms with van der Waals surface area (Å²) in [6.07, 6.45) is 1.24. The average Bonchev–Trinajstić information content (AvgIpc) is 2.83. The lowest BCUT2D eigenvalue weighted by atomic mass is 9.86. The molecule has 3 amide bonds. The Balaban J connectivity index is 2.69. The number of nitrogens with zero attached hydrogens (tertiary/aromatic N) is 1. The van der Waals surface area contributed by atoms with E-state index in [0.29, 0.717) is 0 Å². The van der Waals surface area contributed by atoms with Crippen molar-refractivity contribution in [2.45, 2.75) is 33.7 Å². The average molecular weight is 311 g/mol. The molecule has 0 unspecified atom stereocenters. The number of aromatic nitrogens is 2. The molecule has 0 aliphatic rings. The zero-order chi connectivity index (χ0) is 16.9. The van der Waals surface area contributed by atoms with Gasteiger partial charge in [-0.15, -0.1) is 0 Å². The Bertz CT molecular complexity index is 561. The van der Waals surface area contributed by atoms with Crippen LogP contribution in [0.25, 0.3) is 0 Å². The number of anilines is 1. The van der Waals surface area contributed by atoms with Crippen LogP contribution in [0.2, 0.25) is 0 Å². The molecule has 9 nitrogen and oxygen atoms in total. The van der Waals surface area contributed by atoms with Crippen molar-refractivity contribution in [2.24, 2.45) is 11.1 Å². The van der Waals surface area contributed by atoms with E-state index in [1.165, 1.54) is 6.20 Å². The summed E-state index contributed by atoms with van der Waals surface area (Å²) in [5.41, 5.74) is 4.85. The summed E-state index contributed by atoms with van der Waals surface area (Å²) in [6, 6.07) is -1.52. The summed E-state index contributed by atoms with van der Waals surface area (Å²) < 4.78 is 4.79. The summed E-state index contributed by atoms with van der Waals surface area (Å²) in [5, 5.41) is 4.85. The Morgan fingerprint density at radius 3 is 2.55 bits per heavy atom. The number of hydrogen-bond acceptors (Lipinski definition) is 5. The quantitative estimate of drug-likeness (QED) is 0.590. The van der Waals surface area contributed by atoms with E-state index in [-0.39, 0.29) is 18.2 Å². The number of esters is 1. The minimum absolute atomic E-state index is 0.0534. The largest absolute Gasteiger partial charge is 0.461 e. The van der Waals surface area contributed by atoms with Gasteiger partial charge < -0.3 is 20.8 Å². The van der Waals surface area contributed by atoms with E-state index in [1.54, 1.807) is 27.7 Å². The van der Waals surface area contributed by atoms with Crippen LogP contribution in [0.1, 0.15) is 38.2 Å². The molecule has 1 atom stereocenters. The van der Waals surface area contributed by atoms with E-state index < -0.39 is 29.4 Å². The Labute approximate surface area is 128 Å². The fraction of sp³-hybridized carbons (Fsp3) is 0.538. The number of hydrogen-bond donors (Lipinski definition) is 4. The van der Waals surface area contributed by atoms with E-state index in [1.807, 2.05) is 0 Å². The standard InChI is InChI=1S/C13H21N5O4/c1-5-22-10(20)7-6-15-11(16-7)18-12(21)17-8(9(14)19)13(2,3)4/h6,8H,5H2,1-4H3,(H2,14,19)(H3,15,16,17,18,21)/t8-/m1/s1. The lowest BCUT2D eigenvalue weighted by Gasteiger charge is -2.28. The number of aromatic amines is 1. The molecule has 0 aromatic carbocycles. The predicted octanol–water partition coefficient (Wildman–Crippen LogP) is 0.608. The van der Waals surface area contributed by atoms with Crippen molar-refractivity contribution < 1.29 is 19.1 Å². The highest BCUT2D eigenvalue weighted by Crippen LogP contribution is 2.19. The smallest absolute Gasteiger partial charge is 0.356 e. The van der Waals surface area contributed by atoms with Gasteiger partial charge in [0.25, 0.3) is 0 Å². The van der Waals surface area contributed by atoms with Gasteiger partial charge in [-0.3, -0.25) is 10.1 Å². The molecule has 5 N–H and O–H groups in total. The second kappa shape index (κ2) is 6.92. The van der Waals surface area contributed by atoms with Gasteiger partial charge in [0.2, 0.25) is 11.9 Å². The Morgan fingerprint density at radius 1 is 1.41 bits per heavy atom. The van der Waals surface area contributed by atoms with Crippen molar-refractivity contribution in [1.82, 2.24) is 15.3 Å². The maximum Gasteiger partial charge on any atom is 0.356 e. The number of imidazole rings is 1. The van der Waals surface area contributed by atoms with Crippen LogP contribution >= 0.6 is 0 Å². The Kier molecular flexibility index (Phi) is 5.50. The monoisotopic (exact) mass is 311 g/mol. The molecule has 0 saturated carbocycles. The third-order valence-electron chi connectivity index (χ3n) is 2.73. The van der Waals surface area contributed by atoms with E-state index in [9.17, 15) is 14.4 Å². The minimum Gasteiger partial charge on any atom is -0.461 e. The summed E-state index contributed by atoms with van der Waals surface area (Å²) in [6.45, 7) is 7.22. The molecule has 0 bridgehead atoms. The first-order valence-electron chi connectivity index (χ1n) is 6.74. The van der Waals surface area contributed by atoms with Crippen molar-refractivity contribution >= 4 is 23.9 Å². The van der Waals surface area contributed by atoms with Crippen LogP contribution in [0.3, 0.4) is 0 Å². The van der Waals surface area contributed by atoms with Crippen molar-refractivity contribution in [1.29, 1.82) is 0 Å². The second-order valence-corrected chi connectivity index (χ2v) is 5.67. The number of primary amides is 1. The molecule has 1 rings (SSSR count). The molecule has 0 aliphatic heterocycles. The van der Waals surface area contributed by atoms with Crippen LogP contribution in [0, 0.1) is 5.41 Å². The SMILES string of the molecule is CCOC(=O)c1cnc(NC(=O)N[C@H](C(N)=O)C(C)(C)C)[nH]1. The fourth-order valence-electron chi connectivity index (χ4n) is 1.69. The van der Waals surface area contributed by atoms with Crippen LogP contribution < -0.4 is 16.4 Å². The molecule has 1 aromatic heterocycles. The molecular weight excluding hydrogens is 290 g/mol. The van der Waals surface area contributed by atoms with Gasteiger partial charge in [-0.25, -0.2) is 14.6 Å². The normalized spacial score (nSPS) is 12.4. The van der Waals surface area contributed by atoms with E-state index >= 15 is 0 Å². The maximum atomic E-state index is 11.9. The van der Waals surface area contributed by atoms with Crippen molar-refractivity contribution in [3.63, 3.8) is 0 Å². The zero-order valence-electron chi connectivity index (χ0n) is 13.0. The molecule has 0 spiro atoms. The van der Waals surface area contributed by atoms with Crippen LogP contribution in [0.4, 0.5) is 10.7 Å². The van der Waals surface area contributed by atoms with Gasteiger partial charge >= 0.3 is 12.0 Å². The zero-order valence-corrected chi connectivity index (χ0v) is 13.0. The van der Waals surface area contributed by atoms with Gasteiger partial charge in [-0.1, -0.05) is 20.8 Å². The topological polar surface area (TPSA) is 139 Å². The molecule has 1 heterocycles. The van der Waals surface area contributed by atoms with Gasteiger partial charge in [0.05, 0.1) is 12.8 Å². The summed E-state index contributed by atoms with van der Waals surface area (Å²) in [4.78, 5) is 41.2. The number of rotatable bonds is 5. The van der Waals surface area contributed by atoms with Crippen LogP contribution in [0.5, 0.6) is 0 Å². The van der Waals surface area contributed by atoms with Gasteiger partial charge in [0, 0.05) is 0 Å². The number of ether oxygens (including phenoxy) is 1. The number of amides is 3. The number of nitrogens with one attached hydrogen (secondary N) is 3. The molecule has 0 saturated heterocycles. The molecule has 0 radical (unpaired) electrons. The van der Waals surface area contributed by atoms with Gasteiger partial charge in [-0.2, -0.15) is 0 Å². The predicted molar refractivity (Wildman–Crippen MR) is 79.1 cm³/mol. The van der Waals surface area contributed by atoms with Gasteiger partial charge in [0.1, 0.15) is 11.7 Å². The van der Waals surface area contributed by atoms with Crippen LogP contribution in [-0.2, 0) is 9.53 Å². The molecular formula is C13H21N5O4. The van der Waals surface area contributed by atoms with Gasteiger partial charge in [-0.05, 0) is 12.3 Å². The Hall–Kier alpha value is -2.58. The highest BCUT2D eigenvalue weighted by atomic mass is 16.5. The van der Waals surface area contributed by atoms with E-state index in [2.05, 4.69) is 20.6 Å². The second-order valence-electron chi connectivity index (χ2n) is 5.67. The Morgan fingerprint density at radius 2 is 2.05 bits per heavy atom. The molecule has 9 heteroatoms. The molecule has 1 aromatic rings. The third-order valence-corrected chi connectivity index (χ3v) is 2.73. The maximum absolute atomic E-state index is 11.9. The molecule has 0 aliphatic carbocycles. The number of nitrogens with two attached hydrogens (primary N) is 1. The number of carbonyl (C=O) groups excluding carboxylic acids is 3. The lowest BCUT2D eigenvalue weighted by molar-refractivity contribution is -0.122. The molecule has 22 heavy (non-hydrogen) atoms. The third kappa shape index (κ3) is 4.76. The number of urea groups is 1. The van der Waals surface area contributed by atoms with Crippen molar-refractivity contribution in [3.05, 3.63) is 11.9 Å². The van der Waals surface area contributed by atoms with Crippen molar-refractivity contribution in [2.75, 3.05) is 11.9 Å². The summed E-state index contributed by atoms with van der Waals surface area (Å²) in [5.74, 6) is -1.17. The lowest BCUT2D eigenvalue weighted by Crippen LogP contribution is -2.53. The van der Waals surface area contributed by atoms with Crippen LogP contribution in [-0.4, -0.2) is 40.5 Å². The van der Waals surface area contributed by atoms with Gasteiger partial charge in [0.15, 0.2) is 0 Å². The fourth-order valence-corrected chi connectivity index (χ4v) is 1.69. The number of H-pyrrole nitrogens is 1. The highest BCUT2D eigenvalue weighted by Gasteiger charge is 2.31. The summed E-state index contributed by atoms with van der Waals surface area (Å²) >= 11 is 0. The highest BCUT2D eigenvalue weighted by molar-refractivity contribution is 5.93. The minimum atomic E-state index is -0.855. The number of carbonyl (C=O) groups is 3. The first kappa shape index (κ1) is 17.5. The first-order chi connectivity index (χ1) is 10.1. The van der Waals surface area contributed by atoms with E-state index in [0.717, 1.165) is 0 Å². The summed E-state index contributed by atoms with van der Waals surface area (Å²) in [7, 11) is 0. The van der Waals surface area contributed by atoms with E-state index in [4.69, 9.17) is 10.5 Å². The molecule has 0 fully saturated rings. The van der Waals surface area contributed by atoms with Crippen molar-refractivity contribution in [3.8, 4) is 0 Å². The molecule has 122 valence electrons. The first-order valence-corrected chi connectivity index (χ1v) is 6.74.